The Labute approximate surface area is 230 Å². The van der Waals surface area contributed by atoms with Crippen molar-refractivity contribution in [1.82, 2.24) is 20.2 Å². The average Bonchev–Trinajstić information content (AvgIpc) is 3.48. The number of aliphatic carboxylic acids is 2. The molecular weight excluding hydrogens is 572 g/mol. The molecule has 0 radical (unpaired) electrons. The van der Waals surface area contributed by atoms with Gasteiger partial charge in [-0.05, 0) is 0 Å². The summed E-state index contributed by atoms with van der Waals surface area (Å²) in [5, 5.41) is 28.2. The third-order valence-corrected chi connectivity index (χ3v) is 8.51. The highest BCUT2D eigenvalue weighted by Crippen LogP contribution is 2.40. The maximum absolute atomic E-state index is 13.0. The van der Waals surface area contributed by atoms with Gasteiger partial charge in [0.05, 0.1) is 16.4 Å². The minimum absolute atomic E-state index is 0.0220. The van der Waals surface area contributed by atoms with E-state index < -0.39 is 41.8 Å². The fraction of sp³-hybridized carbons (Fsp3) is 0.238. The second-order valence-corrected chi connectivity index (χ2v) is 11.3. The number of hydrogen-bond acceptors (Lipinski definition) is 14. The van der Waals surface area contributed by atoms with Gasteiger partial charge in [0.25, 0.3) is 11.8 Å². The Kier molecular flexibility index (Phi) is 7.06. The number of nitrogens with one attached hydrogen (secondary N) is 1. The predicted molar refractivity (Wildman–Crippen MR) is 138 cm³/mol. The summed E-state index contributed by atoms with van der Waals surface area (Å²) in [7, 11) is 0. The van der Waals surface area contributed by atoms with Gasteiger partial charge in [0.15, 0.2) is 34.9 Å². The Morgan fingerprint density at radius 3 is 2.79 bits per heavy atom. The predicted octanol–water partition coefficient (Wildman–Crippen LogP) is -1.89. The number of carbonyl (C=O) groups is 4. The number of amides is 2. The van der Waals surface area contributed by atoms with Crippen molar-refractivity contribution in [1.29, 1.82) is 0 Å². The first-order valence-electron chi connectivity index (χ1n) is 11.0. The van der Waals surface area contributed by atoms with Crippen LogP contribution < -0.4 is 26.5 Å². The second-order valence-electron chi connectivity index (χ2n) is 8.20. The number of fused-ring (bicyclic) bond motifs is 2. The van der Waals surface area contributed by atoms with Crippen molar-refractivity contribution in [2.24, 2.45) is 5.16 Å². The van der Waals surface area contributed by atoms with Crippen molar-refractivity contribution in [2.45, 2.75) is 18.0 Å². The molecule has 202 valence electrons. The van der Waals surface area contributed by atoms with Crippen LogP contribution in [0.15, 0.2) is 40.3 Å². The quantitative estimate of drug-likeness (QED) is 0.0928. The molecule has 0 saturated carbocycles. The number of oxime groups is 1. The van der Waals surface area contributed by atoms with E-state index in [0.717, 1.165) is 20.9 Å². The number of β-lactam (4-membered cyclic amide) rings is 1. The topological polar surface area (TPSA) is 230 Å². The zero-order chi connectivity index (χ0) is 27.8. The molecule has 2 atom stereocenters. The van der Waals surface area contributed by atoms with Crippen molar-refractivity contribution in [3.8, 4) is 0 Å². The van der Waals surface area contributed by atoms with Gasteiger partial charge in [0, 0.05) is 22.8 Å². The molecule has 0 bridgehead atoms. The first kappa shape index (κ1) is 26.3. The summed E-state index contributed by atoms with van der Waals surface area (Å²) in [5.41, 5.74) is 11.9. The van der Waals surface area contributed by atoms with Gasteiger partial charge in [0.2, 0.25) is 6.61 Å². The van der Waals surface area contributed by atoms with Crippen LogP contribution in [0.25, 0.3) is 10.2 Å². The normalized spacial score (nSPS) is 19.0. The second kappa shape index (κ2) is 10.5. The number of rotatable bonds is 9. The molecule has 1 saturated heterocycles. The van der Waals surface area contributed by atoms with E-state index in [1.165, 1.54) is 28.5 Å². The van der Waals surface area contributed by atoms with Crippen molar-refractivity contribution < 1.29 is 38.8 Å². The summed E-state index contributed by atoms with van der Waals surface area (Å²) < 4.78 is 2.62. The fourth-order valence-electron chi connectivity index (χ4n) is 4.01. The summed E-state index contributed by atoms with van der Waals surface area (Å²) in [4.78, 5) is 62.9. The van der Waals surface area contributed by atoms with E-state index in [1.54, 1.807) is 17.0 Å². The first-order chi connectivity index (χ1) is 18.6. The van der Waals surface area contributed by atoms with E-state index in [9.17, 15) is 24.3 Å². The highest BCUT2D eigenvalue weighted by Gasteiger charge is 2.53. The van der Waals surface area contributed by atoms with Gasteiger partial charge in [-0.3, -0.25) is 14.5 Å². The number of nitrogens with two attached hydrogens (primary N) is 2. The molecule has 39 heavy (non-hydrogen) atoms. The molecule has 15 nitrogen and oxygen atoms in total. The van der Waals surface area contributed by atoms with Crippen molar-refractivity contribution >= 4 is 84.4 Å². The number of hydrogen-bond donors (Lipinski definition) is 4. The molecule has 3 aromatic rings. The highest BCUT2D eigenvalue weighted by atomic mass is 32.2. The lowest BCUT2D eigenvalue weighted by Crippen LogP contribution is -2.71. The van der Waals surface area contributed by atoms with Gasteiger partial charge in [-0.1, -0.05) is 16.5 Å². The van der Waals surface area contributed by atoms with Gasteiger partial charge in [-0.2, -0.15) is 4.57 Å². The number of thioether (sulfide) groups is 1. The minimum Gasteiger partial charge on any atom is -0.543 e. The molecule has 3 aromatic heterocycles. The summed E-state index contributed by atoms with van der Waals surface area (Å²) in [6.07, 6.45) is 3.49. The van der Waals surface area contributed by atoms with Crippen LogP contribution in [0.2, 0.25) is 0 Å². The Bertz CT molecular complexity index is 1580. The van der Waals surface area contributed by atoms with Crippen molar-refractivity contribution in [3.63, 3.8) is 0 Å². The summed E-state index contributed by atoms with van der Waals surface area (Å²) in [6.45, 7) is -0.644. The molecular formula is C21H18N8O7S3. The van der Waals surface area contributed by atoms with Crippen molar-refractivity contribution in [2.75, 3.05) is 23.8 Å². The van der Waals surface area contributed by atoms with Crippen LogP contribution in [0.5, 0.6) is 0 Å². The Morgan fingerprint density at radius 2 is 2.10 bits per heavy atom. The third kappa shape index (κ3) is 5.20. The Hall–Kier alpha value is -4.29. The van der Waals surface area contributed by atoms with E-state index in [2.05, 4.69) is 20.4 Å². The van der Waals surface area contributed by atoms with E-state index in [1.807, 2.05) is 6.07 Å². The zero-order valence-electron chi connectivity index (χ0n) is 19.6. The molecule has 2 aliphatic rings. The van der Waals surface area contributed by atoms with Crippen LogP contribution >= 0.6 is 34.4 Å². The number of nitrogen functional groups attached to an aromatic ring is 2. The van der Waals surface area contributed by atoms with Crippen LogP contribution in [0.3, 0.4) is 0 Å². The molecule has 18 heteroatoms. The van der Waals surface area contributed by atoms with E-state index in [0.29, 0.717) is 16.2 Å². The molecule has 2 amide bonds. The highest BCUT2D eigenvalue weighted by molar-refractivity contribution is 8.00. The van der Waals surface area contributed by atoms with Crippen LogP contribution in [0, 0.1) is 0 Å². The number of carboxylic acids is 2. The lowest BCUT2D eigenvalue weighted by molar-refractivity contribution is -0.687. The number of pyridine rings is 1. The largest absolute Gasteiger partial charge is 0.543 e. The number of nitrogens with zero attached hydrogens (tertiary/aromatic N) is 5. The lowest BCUT2D eigenvalue weighted by atomic mass is 10.0. The molecule has 0 aromatic carbocycles. The zero-order valence-corrected chi connectivity index (χ0v) is 22.0. The van der Waals surface area contributed by atoms with Crippen LogP contribution in [-0.4, -0.2) is 73.2 Å². The molecule has 5 rings (SSSR count). The molecule has 2 aliphatic heterocycles. The molecule has 5 heterocycles. The minimum atomic E-state index is -1.52. The maximum Gasteiger partial charge on any atom is 0.344 e. The van der Waals surface area contributed by atoms with Gasteiger partial charge in [-0.25, -0.2) is 14.8 Å². The fourth-order valence-corrected chi connectivity index (χ4v) is 6.60. The number of thiazole rings is 2. The number of aromatic nitrogens is 3. The number of carboxylic acid groups (broad SMARTS) is 2. The average molecular weight is 591 g/mol. The Morgan fingerprint density at radius 1 is 1.31 bits per heavy atom. The van der Waals surface area contributed by atoms with E-state index >= 15 is 0 Å². The van der Waals surface area contributed by atoms with Crippen LogP contribution in [0.4, 0.5) is 10.3 Å². The van der Waals surface area contributed by atoms with E-state index in [-0.39, 0.29) is 34.5 Å². The standard InChI is InChI=1S/C21H18N8O7S3/c22-20-25-10(7-38-20)13(27-36-5-12(30)31)16(32)26-14-17(33)29-15(19(34)35)8(6-37-18(14)29)3-28-2-1-11-9(4-28)24-21(23)39-11/h1-2,4,7,14,18H,3,5-6H2,(H6-,22,23,24,25,26,30,31,32,34,35)/b27-13-/t14?,18-/m1/s1. The molecule has 1 fully saturated rings. The van der Waals surface area contributed by atoms with Gasteiger partial charge in [-0.15, -0.1) is 23.1 Å². The smallest absolute Gasteiger partial charge is 0.344 e. The molecule has 6 N–H and O–H groups in total. The number of anilines is 2. The number of carbonyl (C=O) groups excluding carboxylic acids is 3. The summed E-state index contributed by atoms with van der Waals surface area (Å²) in [6, 6.07) is 0.734. The third-order valence-electron chi connectivity index (χ3n) is 5.63. The van der Waals surface area contributed by atoms with Gasteiger partial charge in [0.1, 0.15) is 22.6 Å². The van der Waals surface area contributed by atoms with Gasteiger partial charge >= 0.3 is 5.97 Å². The molecule has 0 spiro atoms. The van der Waals surface area contributed by atoms with Crippen LogP contribution in [-0.2, 0) is 30.6 Å². The van der Waals surface area contributed by atoms with Crippen LogP contribution in [0.1, 0.15) is 5.69 Å². The lowest BCUT2D eigenvalue weighted by Gasteiger charge is -2.50. The maximum atomic E-state index is 13.0. The SMILES string of the molecule is Nc1nc(/C(=N/OCC(=O)O)C(=O)NC2C(=O)N3C(C(=O)[O-])=C(C[n+]4ccc5sc(N)nc5c4)CS[C@H]23)cs1. The Balaban J connectivity index is 1.35. The summed E-state index contributed by atoms with van der Waals surface area (Å²) >= 11 is 3.62. The van der Waals surface area contributed by atoms with E-state index in [4.69, 9.17) is 21.4 Å². The van der Waals surface area contributed by atoms with Crippen molar-refractivity contribution in [3.05, 3.63) is 40.8 Å². The molecule has 1 unspecified atom stereocenters. The first-order valence-corrected chi connectivity index (χ1v) is 13.7. The molecule has 0 aliphatic carbocycles. The van der Waals surface area contributed by atoms with Gasteiger partial charge < -0.3 is 36.6 Å². The summed E-state index contributed by atoms with van der Waals surface area (Å²) in [5.74, 6) is -4.12. The monoisotopic (exact) mass is 590 g/mol.